The number of nitrogens with one attached hydrogen (secondary N) is 1. The van der Waals surface area contributed by atoms with Crippen LogP contribution in [-0.2, 0) is 11.4 Å². The van der Waals surface area contributed by atoms with Crippen molar-refractivity contribution in [2.75, 3.05) is 29.9 Å². The van der Waals surface area contributed by atoms with Gasteiger partial charge in [-0.3, -0.25) is 4.79 Å². The smallest absolute Gasteiger partial charge is 0.265 e. The van der Waals surface area contributed by atoms with Crippen molar-refractivity contribution in [2.45, 2.75) is 13.0 Å². The van der Waals surface area contributed by atoms with Gasteiger partial charge in [-0.05, 0) is 30.7 Å². The summed E-state index contributed by atoms with van der Waals surface area (Å²) in [6.07, 6.45) is 0.749. The molecule has 4 rings (SSSR count). The van der Waals surface area contributed by atoms with Crippen LogP contribution >= 0.6 is 0 Å². The van der Waals surface area contributed by atoms with Gasteiger partial charge in [0.25, 0.3) is 5.91 Å². The molecule has 2 aromatic carbocycles. The van der Waals surface area contributed by atoms with Crippen LogP contribution < -0.4 is 15.0 Å². The highest BCUT2D eigenvalue weighted by molar-refractivity contribution is 5.97. The van der Waals surface area contributed by atoms with E-state index in [-0.39, 0.29) is 19.1 Å². The zero-order valence-electron chi connectivity index (χ0n) is 14.9. The lowest BCUT2D eigenvalue weighted by molar-refractivity contribution is -0.121. The maximum absolute atomic E-state index is 12.2. The van der Waals surface area contributed by atoms with E-state index in [9.17, 15) is 9.90 Å². The Kier molecular flexibility index (Phi) is 4.89. The number of hydrogen-bond donors (Lipinski definition) is 2. The van der Waals surface area contributed by atoms with E-state index >= 15 is 0 Å². The number of rotatable bonds is 6. The number of nitrogens with zero attached hydrogens (tertiary/aromatic N) is 2. The molecule has 1 amide bonds. The third kappa shape index (κ3) is 3.57. The lowest BCUT2D eigenvalue weighted by Crippen LogP contribution is -2.39. The molecule has 1 aliphatic heterocycles. The summed E-state index contributed by atoms with van der Waals surface area (Å²) in [7, 11) is 0. The molecule has 0 aliphatic carbocycles. The summed E-state index contributed by atoms with van der Waals surface area (Å²) in [5.74, 6) is 1.39. The Hall–Kier alpha value is -3.12. The predicted molar refractivity (Wildman–Crippen MR) is 105 cm³/mol. The molecule has 2 N–H and O–H groups in total. The number of aromatic nitrogens is 1. The van der Waals surface area contributed by atoms with Gasteiger partial charge in [-0.1, -0.05) is 30.3 Å². The Balaban J connectivity index is 1.42. The van der Waals surface area contributed by atoms with Crippen molar-refractivity contribution in [2.24, 2.45) is 0 Å². The first-order valence-electron chi connectivity index (χ1n) is 9.02. The first kappa shape index (κ1) is 17.3. The average molecular weight is 363 g/mol. The third-order valence-corrected chi connectivity index (χ3v) is 4.63. The molecule has 0 unspecified atom stereocenters. The van der Waals surface area contributed by atoms with Gasteiger partial charge in [0, 0.05) is 24.0 Å². The van der Waals surface area contributed by atoms with Crippen LogP contribution in [0.1, 0.15) is 12.0 Å². The minimum Gasteiger partial charge on any atom is -0.482 e. The van der Waals surface area contributed by atoms with Crippen molar-refractivity contribution in [1.29, 1.82) is 0 Å². The largest absolute Gasteiger partial charge is 0.482 e. The predicted octanol–water partition coefficient (Wildman–Crippen LogP) is 2.95. The highest BCUT2D eigenvalue weighted by Gasteiger charge is 2.24. The highest BCUT2D eigenvalue weighted by Crippen LogP contribution is 2.31. The zero-order chi connectivity index (χ0) is 18.6. The molecule has 3 aromatic rings. The number of ether oxygens (including phenoxy) is 1. The molecule has 1 aliphatic rings. The van der Waals surface area contributed by atoms with E-state index in [0.29, 0.717) is 18.9 Å². The summed E-state index contributed by atoms with van der Waals surface area (Å²) in [5.41, 5.74) is 2.46. The number of para-hydroxylation sites is 3. The van der Waals surface area contributed by atoms with E-state index in [1.165, 1.54) is 0 Å². The summed E-state index contributed by atoms with van der Waals surface area (Å²) in [5, 5.41) is 13.9. The Bertz CT molecular complexity index is 974. The molecule has 27 heavy (non-hydrogen) atoms. The zero-order valence-corrected chi connectivity index (χ0v) is 14.9. The quantitative estimate of drug-likeness (QED) is 0.659. The van der Waals surface area contributed by atoms with Crippen LogP contribution in [0.2, 0.25) is 0 Å². The van der Waals surface area contributed by atoms with E-state index < -0.39 is 0 Å². The van der Waals surface area contributed by atoms with E-state index in [1.54, 1.807) is 4.90 Å². The van der Waals surface area contributed by atoms with Gasteiger partial charge in [0.1, 0.15) is 11.6 Å². The Morgan fingerprint density at radius 3 is 2.85 bits per heavy atom. The summed E-state index contributed by atoms with van der Waals surface area (Å²) in [6, 6.07) is 17.3. The van der Waals surface area contributed by atoms with Crippen LogP contribution in [0.5, 0.6) is 5.75 Å². The Labute approximate surface area is 157 Å². The van der Waals surface area contributed by atoms with Crippen LogP contribution in [0.15, 0.2) is 54.6 Å². The molecule has 2 heterocycles. The third-order valence-electron chi connectivity index (χ3n) is 4.63. The summed E-state index contributed by atoms with van der Waals surface area (Å²) in [4.78, 5) is 18.6. The number of aliphatic hydroxyl groups excluding tert-OH is 1. The second kappa shape index (κ2) is 7.63. The minimum absolute atomic E-state index is 0.0337. The second-order valence-corrected chi connectivity index (χ2v) is 6.43. The van der Waals surface area contributed by atoms with Gasteiger partial charge >= 0.3 is 0 Å². The second-order valence-electron chi connectivity index (χ2n) is 6.43. The normalized spacial score (nSPS) is 13.4. The van der Waals surface area contributed by atoms with Crippen molar-refractivity contribution < 1.29 is 14.6 Å². The number of hydrogen-bond acceptors (Lipinski definition) is 5. The number of amides is 1. The molecule has 0 atom stereocenters. The van der Waals surface area contributed by atoms with Gasteiger partial charge < -0.3 is 20.1 Å². The molecule has 6 nitrogen and oxygen atoms in total. The van der Waals surface area contributed by atoms with Crippen molar-refractivity contribution in [1.82, 2.24) is 4.98 Å². The average Bonchev–Trinajstić information content (AvgIpc) is 2.71. The number of carbonyl (C=O) groups excluding carboxylic acids is 1. The highest BCUT2D eigenvalue weighted by atomic mass is 16.5. The summed E-state index contributed by atoms with van der Waals surface area (Å²) >= 11 is 0. The Morgan fingerprint density at radius 1 is 1.15 bits per heavy atom. The van der Waals surface area contributed by atoms with Crippen LogP contribution in [0.25, 0.3) is 10.9 Å². The first-order chi connectivity index (χ1) is 13.3. The van der Waals surface area contributed by atoms with Gasteiger partial charge in [0.2, 0.25) is 0 Å². The molecule has 0 spiro atoms. The molecule has 0 fully saturated rings. The first-order valence-corrected chi connectivity index (χ1v) is 9.02. The lowest BCUT2D eigenvalue weighted by atomic mass is 10.1. The standard InChI is InChI=1S/C21H21N3O3/c25-13-16-12-15-6-1-2-7-17(15)23-21(16)22-10-5-11-24-18-8-3-4-9-19(18)27-14-20(24)26/h1-4,6-9,12,25H,5,10-11,13-14H2,(H,22,23). The van der Waals surface area contributed by atoms with Gasteiger partial charge in [-0.25, -0.2) is 4.98 Å². The number of carbonyl (C=O) groups is 1. The maximum atomic E-state index is 12.2. The van der Waals surface area contributed by atoms with Gasteiger partial charge in [0.05, 0.1) is 17.8 Å². The van der Waals surface area contributed by atoms with Crippen molar-refractivity contribution in [3.8, 4) is 5.75 Å². The Morgan fingerprint density at radius 2 is 1.96 bits per heavy atom. The van der Waals surface area contributed by atoms with Crippen molar-refractivity contribution in [3.63, 3.8) is 0 Å². The molecule has 0 saturated heterocycles. The summed E-state index contributed by atoms with van der Waals surface area (Å²) in [6.45, 7) is 1.24. The number of pyridine rings is 1. The molecule has 0 saturated carbocycles. The van der Waals surface area contributed by atoms with Gasteiger partial charge in [0.15, 0.2) is 6.61 Å². The van der Waals surface area contributed by atoms with Gasteiger partial charge in [-0.15, -0.1) is 0 Å². The van der Waals surface area contributed by atoms with Gasteiger partial charge in [-0.2, -0.15) is 0 Å². The number of aliphatic hydroxyl groups is 1. The van der Waals surface area contributed by atoms with Crippen molar-refractivity contribution in [3.05, 3.63) is 60.2 Å². The lowest BCUT2D eigenvalue weighted by Gasteiger charge is -2.29. The fourth-order valence-electron chi connectivity index (χ4n) is 3.28. The molecule has 0 bridgehead atoms. The van der Waals surface area contributed by atoms with Crippen LogP contribution in [-0.4, -0.2) is 35.7 Å². The molecular weight excluding hydrogens is 342 g/mol. The molecule has 6 heteroatoms. The molecule has 0 radical (unpaired) electrons. The minimum atomic E-state index is -0.0739. The van der Waals surface area contributed by atoms with E-state index in [4.69, 9.17) is 4.74 Å². The topological polar surface area (TPSA) is 74.7 Å². The van der Waals surface area contributed by atoms with Crippen LogP contribution in [0, 0.1) is 0 Å². The van der Waals surface area contributed by atoms with E-state index in [1.807, 2.05) is 54.6 Å². The fourth-order valence-corrected chi connectivity index (χ4v) is 3.28. The van der Waals surface area contributed by atoms with Crippen molar-refractivity contribution >= 4 is 28.3 Å². The van der Waals surface area contributed by atoms with Crippen LogP contribution in [0.3, 0.4) is 0 Å². The SMILES string of the molecule is O=C1COc2ccccc2N1CCCNc1nc2ccccc2cc1CO. The number of fused-ring (bicyclic) bond motifs is 2. The molecule has 1 aromatic heterocycles. The monoisotopic (exact) mass is 363 g/mol. The fraction of sp³-hybridized carbons (Fsp3) is 0.238. The maximum Gasteiger partial charge on any atom is 0.265 e. The van der Waals surface area contributed by atoms with Crippen LogP contribution in [0.4, 0.5) is 11.5 Å². The number of benzene rings is 2. The molecule has 138 valence electrons. The van der Waals surface area contributed by atoms with E-state index in [0.717, 1.165) is 34.3 Å². The number of anilines is 2. The van der Waals surface area contributed by atoms with E-state index in [2.05, 4.69) is 10.3 Å². The summed E-state index contributed by atoms with van der Waals surface area (Å²) < 4.78 is 5.47. The molecular formula is C21H21N3O3.